The zero-order valence-electron chi connectivity index (χ0n) is 11.1. The molecule has 5 nitrogen and oxygen atoms in total. The van der Waals surface area contributed by atoms with Crippen molar-refractivity contribution in [2.75, 3.05) is 31.1 Å². The number of para-hydroxylation sites is 2. The highest BCUT2D eigenvalue weighted by Gasteiger charge is 2.24. The van der Waals surface area contributed by atoms with Gasteiger partial charge in [0.15, 0.2) is 0 Å². The van der Waals surface area contributed by atoms with E-state index in [1.165, 1.54) is 6.92 Å². The third-order valence-electron chi connectivity index (χ3n) is 3.11. The molecule has 1 aromatic carbocycles. The standard InChI is InChI=1S/C14H20N2O3/c1-11(18)15-7-4-8-16-9-12(10-17)19-14-6-3-2-5-13(14)16/h2-3,5-6,12,17H,4,7-10H2,1H3,(H,15,18). The normalized spacial score (nSPS) is 17.6. The van der Waals surface area contributed by atoms with Crippen LogP contribution in [0.15, 0.2) is 24.3 Å². The van der Waals surface area contributed by atoms with Crippen molar-refractivity contribution in [2.45, 2.75) is 19.4 Å². The Bertz CT molecular complexity index is 436. The van der Waals surface area contributed by atoms with E-state index < -0.39 is 0 Å². The van der Waals surface area contributed by atoms with E-state index in [2.05, 4.69) is 10.2 Å². The van der Waals surface area contributed by atoms with Crippen LogP contribution in [0.1, 0.15) is 13.3 Å². The number of fused-ring (bicyclic) bond motifs is 1. The number of hydrogen-bond acceptors (Lipinski definition) is 4. The first kappa shape index (κ1) is 13.7. The first-order chi connectivity index (χ1) is 9.20. The molecule has 2 N–H and O–H groups in total. The summed E-state index contributed by atoms with van der Waals surface area (Å²) in [4.78, 5) is 13.0. The van der Waals surface area contributed by atoms with Gasteiger partial charge in [-0.3, -0.25) is 4.79 Å². The van der Waals surface area contributed by atoms with Gasteiger partial charge in [-0.05, 0) is 18.6 Å². The Morgan fingerprint density at radius 1 is 1.53 bits per heavy atom. The maximum absolute atomic E-state index is 10.8. The van der Waals surface area contributed by atoms with Crippen LogP contribution in [0.3, 0.4) is 0 Å². The molecule has 1 atom stereocenters. The number of carbonyl (C=O) groups is 1. The number of anilines is 1. The van der Waals surface area contributed by atoms with Crippen LogP contribution >= 0.6 is 0 Å². The molecule has 0 saturated heterocycles. The molecule has 104 valence electrons. The fourth-order valence-corrected chi connectivity index (χ4v) is 2.22. The molecular formula is C14H20N2O3. The van der Waals surface area contributed by atoms with Gasteiger partial charge in [0, 0.05) is 20.0 Å². The smallest absolute Gasteiger partial charge is 0.216 e. The number of aliphatic hydroxyl groups is 1. The van der Waals surface area contributed by atoms with Gasteiger partial charge in [-0.2, -0.15) is 0 Å². The molecule has 1 unspecified atom stereocenters. The summed E-state index contributed by atoms with van der Waals surface area (Å²) in [6.45, 7) is 3.70. The average molecular weight is 264 g/mol. The predicted molar refractivity (Wildman–Crippen MR) is 73.5 cm³/mol. The maximum atomic E-state index is 10.8. The maximum Gasteiger partial charge on any atom is 0.216 e. The van der Waals surface area contributed by atoms with Crippen LogP contribution in [-0.2, 0) is 4.79 Å². The lowest BCUT2D eigenvalue weighted by molar-refractivity contribution is -0.118. The number of hydrogen-bond donors (Lipinski definition) is 2. The van der Waals surface area contributed by atoms with Crippen LogP contribution in [0.4, 0.5) is 5.69 Å². The van der Waals surface area contributed by atoms with Gasteiger partial charge in [-0.25, -0.2) is 0 Å². The molecule has 5 heteroatoms. The van der Waals surface area contributed by atoms with Gasteiger partial charge in [0.05, 0.1) is 18.8 Å². The summed E-state index contributed by atoms with van der Waals surface area (Å²) in [7, 11) is 0. The van der Waals surface area contributed by atoms with Crippen LogP contribution < -0.4 is 15.0 Å². The van der Waals surface area contributed by atoms with Crippen molar-refractivity contribution in [3.05, 3.63) is 24.3 Å². The van der Waals surface area contributed by atoms with Crippen LogP contribution in [0.25, 0.3) is 0 Å². The molecule has 1 heterocycles. The van der Waals surface area contributed by atoms with Gasteiger partial charge in [-0.1, -0.05) is 12.1 Å². The summed E-state index contributed by atoms with van der Waals surface area (Å²) in [6, 6.07) is 7.83. The summed E-state index contributed by atoms with van der Waals surface area (Å²) >= 11 is 0. The second-order valence-corrected chi connectivity index (χ2v) is 4.67. The van der Waals surface area contributed by atoms with Gasteiger partial charge in [-0.15, -0.1) is 0 Å². The fourth-order valence-electron chi connectivity index (χ4n) is 2.22. The zero-order chi connectivity index (χ0) is 13.7. The first-order valence-electron chi connectivity index (χ1n) is 6.56. The molecule has 1 aromatic rings. The molecule has 19 heavy (non-hydrogen) atoms. The summed E-state index contributed by atoms with van der Waals surface area (Å²) in [5.41, 5.74) is 1.05. The van der Waals surface area contributed by atoms with Gasteiger partial charge in [0.1, 0.15) is 11.9 Å². The Morgan fingerprint density at radius 3 is 3.05 bits per heavy atom. The van der Waals surface area contributed by atoms with Crippen molar-refractivity contribution in [3.8, 4) is 5.75 Å². The molecule has 0 spiro atoms. The summed E-state index contributed by atoms with van der Waals surface area (Å²) < 4.78 is 5.69. The number of amides is 1. The monoisotopic (exact) mass is 264 g/mol. The molecule has 0 fully saturated rings. The van der Waals surface area contributed by atoms with Crippen molar-refractivity contribution in [2.24, 2.45) is 0 Å². The fraction of sp³-hybridized carbons (Fsp3) is 0.500. The minimum atomic E-state index is -0.185. The van der Waals surface area contributed by atoms with Crippen molar-refractivity contribution < 1.29 is 14.6 Å². The average Bonchev–Trinajstić information content (AvgIpc) is 2.42. The molecule has 2 rings (SSSR count). The number of ether oxygens (including phenoxy) is 1. The minimum absolute atomic E-state index is 0.00406. The Morgan fingerprint density at radius 2 is 2.32 bits per heavy atom. The quantitative estimate of drug-likeness (QED) is 0.771. The van der Waals surface area contributed by atoms with E-state index in [9.17, 15) is 9.90 Å². The number of nitrogens with zero attached hydrogens (tertiary/aromatic N) is 1. The van der Waals surface area contributed by atoms with Crippen molar-refractivity contribution in [3.63, 3.8) is 0 Å². The van der Waals surface area contributed by atoms with E-state index in [-0.39, 0.29) is 18.6 Å². The van der Waals surface area contributed by atoms with E-state index in [1.54, 1.807) is 0 Å². The van der Waals surface area contributed by atoms with E-state index in [1.807, 2.05) is 24.3 Å². The topological polar surface area (TPSA) is 61.8 Å². The first-order valence-corrected chi connectivity index (χ1v) is 6.56. The van der Waals surface area contributed by atoms with E-state index in [0.717, 1.165) is 24.4 Å². The molecule has 0 aromatic heterocycles. The van der Waals surface area contributed by atoms with E-state index >= 15 is 0 Å². The number of rotatable bonds is 5. The lowest BCUT2D eigenvalue weighted by atomic mass is 10.2. The van der Waals surface area contributed by atoms with Gasteiger partial charge in [0.2, 0.25) is 5.91 Å². The highest BCUT2D eigenvalue weighted by Crippen LogP contribution is 2.32. The SMILES string of the molecule is CC(=O)NCCCN1CC(CO)Oc2ccccc21. The van der Waals surface area contributed by atoms with Crippen LogP contribution in [0.5, 0.6) is 5.75 Å². The Hall–Kier alpha value is -1.75. The zero-order valence-corrected chi connectivity index (χ0v) is 11.1. The minimum Gasteiger partial charge on any atom is -0.484 e. The van der Waals surface area contributed by atoms with Crippen LogP contribution in [0.2, 0.25) is 0 Å². The molecule has 1 aliphatic rings. The lowest BCUT2D eigenvalue weighted by Crippen LogP contribution is -2.43. The van der Waals surface area contributed by atoms with Gasteiger partial charge in [0.25, 0.3) is 0 Å². The second kappa shape index (κ2) is 6.43. The third kappa shape index (κ3) is 3.61. The molecule has 1 aliphatic heterocycles. The van der Waals surface area contributed by atoms with Crippen LogP contribution in [-0.4, -0.2) is 43.4 Å². The largest absolute Gasteiger partial charge is 0.484 e. The van der Waals surface area contributed by atoms with E-state index in [4.69, 9.17) is 4.74 Å². The summed E-state index contributed by atoms with van der Waals surface area (Å²) in [5, 5.41) is 12.1. The Labute approximate surface area is 113 Å². The third-order valence-corrected chi connectivity index (χ3v) is 3.11. The molecule has 0 radical (unpaired) electrons. The van der Waals surface area contributed by atoms with Crippen LogP contribution in [0, 0.1) is 0 Å². The number of benzene rings is 1. The summed E-state index contributed by atoms with van der Waals surface area (Å²) in [6.07, 6.45) is 0.683. The van der Waals surface area contributed by atoms with Gasteiger partial charge >= 0.3 is 0 Å². The number of aliphatic hydroxyl groups excluding tert-OH is 1. The predicted octanol–water partition coefficient (Wildman–Crippen LogP) is 0.773. The second-order valence-electron chi connectivity index (χ2n) is 4.67. The molecule has 0 bridgehead atoms. The Kier molecular flexibility index (Phi) is 4.63. The highest BCUT2D eigenvalue weighted by atomic mass is 16.5. The van der Waals surface area contributed by atoms with E-state index in [0.29, 0.717) is 13.1 Å². The molecular weight excluding hydrogens is 244 g/mol. The number of carbonyl (C=O) groups excluding carboxylic acids is 1. The summed E-state index contributed by atoms with van der Waals surface area (Å²) in [5.74, 6) is 0.808. The van der Waals surface area contributed by atoms with Crippen molar-refractivity contribution in [1.29, 1.82) is 0 Å². The van der Waals surface area contributed by atoms with Crippen molar-refractivity contribution >= 4 is 11.6 Å². The Balaban J connectivity index is 1.97. The highest BCUT2D eigenvalue weighted by molar-refractivity contribution is 5.72. The van der Waals surface area contributed by atoms with Crippen molar-refractivity contribution in [1.82, 2.24) is 5.32 Å². The van der Waals surface area contributed by atoms with Gasteiger partial charge < -0.3 is 20.1 Å². The lowest BCUT2D eigenvalue weighted by Gasteiger charge is -2.35. The number of nitrogens with one attached hydrogen (secondary N) is 1. The molecule has 0 aliphatic carbocycles. The molecule has 1 amide bonds. The molecule has 0 saturated carbocycles.